The van der Waals surface area contributed by atoms with E-state index >= 15 is 0 Å². The van der Waals surface area contributed by atoms with Crippen LogP contribution in [0.2, 0.25) is 0 Å². The van der Waals surface area contributed by atoms with E-state index in [4.69, 9.17) is 5.73 Å². The van der Waals surface area contributed by atoms with E-state index in [0.717, 1.165) is 11.3 Å². The van der Waals surface area contributed by atoms with Gasteiger partial charge in [-0.05, 0) is 0 Å². The normalized spacial score (nSPS) is 10.8. The number of hydrogen-bond acceptors (Lipinski definition) is 5. The highest BCUT2D eigenvalue weighted by atomic mass is 32.1. The Morgan fingerprint density at radius 2 is 2.31 bits per heavy atom. The number of aromatic nitrogens is 2. The summed E-state index contributed by atoms with van der Waals surface area (Å²) in [4.78, 5) is 9.06. The van der Waals surface area contributed by atoms with Crippen molar-refractivity contribution in [3.8, 4) is 5.75 Å². The van der Waals surface area contributed by atoms with Crippen molar-refractivity contribution in [3.05, 3.63) is 11.2 Å². The van der Waals surface area contributed by atoms with Crippen molar-refractivity contribution in [2.45, 2.75) is 13.3 Å². The Kier molecular flexibility index (Phi) is 1.81. The lowest BCUT2D eigenvalue weighted by Crippen LogP contribution is -1.98. The molecule has 0 aromatic carbocycles. The molecule has 2 aromatic heterocycles. The monoisotopic (exact) mass is 195 g/mol. The number of fused-ring (bicyclic) bond motifs is 1. The number of thiophene rings is 1. The number of nitrogens with two attached hydrogens (primary N) is 1. The Morgan fingerprint density at radius 3 is 3.00 bits per heavy atom. The summed E-state index contributed by atoms with van der Waals surface area (Å²) in [5.74, 6) is 1.24. The molecule has 2 aromatic rings. The molecule has 0 saturated heterocycles. The molecule has 4 nitrogen and oxygen atoms in total. The minimum Gasteiger partial charge on any atom is -0.506 e. The van der Waals surface area contributed by atoms with E-state index in [9.17, 15) is 5.11 Å². The summed E-state index contributed by atoms with van der Waals surface area (Å²) < 4.78 is 0. The fourth-order valence-corrected chi connectivity index (χ4v) is 1.98. The summed E-state index contributed by atoms with van der Waals surface area (Å²) >= 11 is 1.38. The van der Waals surface area contributed by atoms with Crippen molar-refractivity contribution < 1.29 is 5.11 Å². The van der Waals surface area contributed by atoms with Gasteiger partial charge in [0.1, 0.15) is 22.2 Å². The largest absolute Gasteiger partial charge is 0.506 e. The molecule has 68 valence electrons. The molecule has 0 aliphatic carbocycles. The first kappa shape index (κ1) is 8.25. The first-order valence-electron chi connectivity index (χ1n) is 3.95. The van der Waals surface area contributed by atoms with Crippen molar-refractivity contribution >= 4 is 27.4 Å². The topological polar surface area (TPSA) is 72.0 Å². The van der Waals surface area contributed by atoms with Crippen molar-refractivity contribution in [2.75, 3.05) is 5.73 Å². The molecule has 0 saturated carbocycles. The fraction of sp³-hybridized carbons (Fsp3) is 0.250. The van der Waals surface area contributed by atoms with Gasteiger partial charge in [0.05, 0.1) is 5.39 Å². The average molecular weight is 195 g/mol. The second kappa shape index (κ2) is 2.85. The van der Waals surface area contributed by atoms with E-state index in [1.54, 1.807) is 5.38 Å². The Balaban J connectivity index is 2.79. The number of aryl methyl sites for hydroxylation is 1. The molecular weight excluding hydrogens is 186 g/mol. The highest BCUT2D eigenvalue weighted by Crippen LogP contribution is 2.32. The highest BCUT2D eigenvalue weighted by molar-refractivity contribution is 7.17. The van der Waals surface area contributed by atoms with Crippen LogP contribution in [0.3, 0.4) is 0 Å². The molecule has 0 bridgehead atoms. The van der Waals surface area contributed by atoms with Crippen molar-refractivity contribution in [2.24, 2.45) is 0 Å². The lowest BCUT2D eigenvalue weighted by Gasteiger charge is -1.99. The van der Waals surface area contributed by atoms with Gasteiger partial charge in [-0.3, -0.25) is 0 Å². The maximum Gasteiger partial charge on any atom is 0.139 e. The molecule has 0 aliphatic rings. The Morgan fingerprint density at radius 1 is 1.54 bits per heavy atom. The van der Waals surface area contributed by atoms with Crippen LogP contribution < -0.4 is 5.73 Å². The van der Waals surface area contributed by atoms with E-state index in [-0.39, 0.29) is 5.75 Å². The number of hydrogen-bond donors (Lipinski definition) is 2. The zero-order chi connectivity index (χ0) is 9.42. The first-order chi connectivity index (χ1) is 6.22. The quantitative estimate of drug-likeness (QED) is 0.724. The van der Waals surface area contributed by atoms with E-state index in [0.29, 0.717) is 17.0 Å². The molecule has 0 aliphatic heterocycles. The Hall–Kier alpha value is -1.36. The minimum absolute atomic E-state index is 0.167. The third-order valence-electron chi connectivity index (χ3n) is 1.80. The predicted molar refractivity (Wildman–Crippen MR) is 52.9 cm³/mol. The molecule has 0 atom stereocenters. The van der Waals surface area contributed by atoms with Crippen LogP contribution >= 0.6 is 11.3 Å². The standard InChI is InChI=1S/C8H9N3OS/c1-2-5-10-7(9)6-4(12)3-13-8(6)11-5/h3,12H,2H2,1H3,(H2,9,10,11). The first-order valence-corrected chi connectivity index (χ1v) is 4.83. The molecule has 0 radical (unpaired) electrons. The highest BCUT2D eigenvalue weighted by Gasteiger charge is 2.09. The van der Waals surface area contributed by atoms with Crippen LogP contribution in [0, 0.1) is 0 Å². The van der Waals surface area contributed by atoms with Gasteiger partial charge in [0.2, 0.25) is 0 Å². The summed E-state index contributed by atoms with van der Waals surface area (Å²) in [6, 6.07) is 0. The minimum atomic E-state index is 0.167. The number of aromatic hydroxyl groups is 1. The molecule has 2 heterocycles. The van der Waals surface area contributed by atoms with E-state index in [1.165, 1.54) is 11.3 Å². The van der Waals surface area contributed by atoms with Crippen LogP contribution in [-0.2, 0) is 6.42 Å². The summed E-state index contributed by atoms with van der Waals surface area (Å²) in [5.41, 5.74) is 5.67. The maximum atomic E-state index is 9.41. The Labute approximate surface area is 79.1 Å². The van der Waals surface area contributed by atoms with Gasteiger partial charge >= 0.3 is 0 Å². The Bertz CT molecular complexity index is 452. The SMILES string of the molecule is CCc1nc(N)c2c(O)csc2n1. The summed E-state index contributed by atoms with van der Waals surface area (Å²) in [7, 11) is 0. The molecule has 5 heteroatoms. The van der Waals surface area contributed by atoms with E-state index < -0.39 is 0 Å². The second-order valence-corrected chi connectivity index (χ2v) is 3.54. The van der Waals surface area contributed by atoms with E-state index in [2.05, 4.69) is 9.97 Å². The van der Waals surface area contributed by atoms with Crippen LogP contribution in [-0.4, -0.2) is 15.1 Å². The number of nitrogen functional groups attached to an aromatic ring is 1. The molecule has 3 N–H and O–H groups in total. The van der Waals surface area contributed by atoms with Crippen LogP contribution in [0.4, 0.5) is 5.82 Å². The molecule has 0 spiro atoms. The third kappa shape index (κ3) is 1.21. The van der Waals surface area contributed by atoms with Gasteiger partial charge in [0.15, 0.2) is 0 Å². The molecule has 0 amide bonds. The van der Waals surface area contributed by atoms with Crippen molar-refractivity contribution in [1.29, 1.82) is 0 Å². The summed E-state index contributed by atoms with van der Waals surface area (Å²) in [5, 5.41) is 11.6. The maximum absolute atomic E-state index is 9.41. The average Bonchev–Trinajstić information content (AvgIpc) is 2.48. The fourth-order valence-electron chi connectivity index (χ4n) is 1.16. The smallest absolute Gasteiger partial charge is 0.139 e. The zero-order valence-corrected chi connectivity index (χ0v) is 7.93. The lowest BCUT2D eigenvalue weighted by atomic mass is 10.3. The van der Waals surface area contributed by atoms with Gasteiger partial charge in [-0.2, -0.15) is 0 Å². The summed E-state index contributed by atoms with van der Waals surface area (Å²) in [6.45, 7) is 1.97. The van der Waals surface area contributed by atoms with Gasteiger partial charge in [0, 0.05) is 11.8 Å². The predicted octanol–water partition coefficient (Wildman–Crippen LogP) is 1.54. The van der Waals surface area contributed by atoms with Gasteiger partial charge in [-0.25, -0.2) is 9.97 Å². The van der Waals surface area contributed by atoms with Crippen LogP contribution in [0.15, 0.2) is 5.38 Å². The van der Waals surface area contributed by atoms with Crippen molar-refractivity contribution in [1.82, 2.24) is 9.97 Å². The third-order valence-corrected chi connectivity index (χ3v) is 2.66. The molecule has 0 unspecified atom stereocenters. The molecule has 0 fully saturated rings. The number of nitrogens with zero attached hydrogens (tertiary/aromatic N) is 2. The molecule has 2 rings (SSSR count). The van der Waals surface area contributed by atoms with Gasteiger partial charge in [-0.1, -0.05) is 6.92 Å². The van der Waals surface area contributed by atoms with Gasteiger partial charge < -0.3 is 10.8 Å². The summed E-state index contributed by atoms with van der Waals surface area (Å²) in [6.07, 6.45) is 0.749. The lowest BCUT2D eigenvalue weighted by molar-refractivity contribution is 0.483. The van der Waals surface area contributed by atoms with E-state index in [1.807, 2.05) is 6.92 Å². The van der Waals surface area contributed by atoms with Crippen LogP contribution in [0.1, 0.15) is 12.7 Å². The molecular formula is C8H9N3OS. The van der Waals surface area contributed by atoms with Gasteiger partial charge in [-0.15, -0.1) is 11.3 Å². The second-order valence-electron chi connectivity index (χ2n) is 2.68. The zero-order valence-electron chi connectivity index (χ0n) is 7.11. The van der Waals surface area contributed by atoms with Crippen LogP contribution in [0.25, 0.3) is 10.2 Å². The molecule has 13 heavy (non-hydrogen) atoms. The van der Waals surface area contributed by atoms with Crippen molar-refractivity contribution in [3.63, 3.8) is 0 Å². The number of anilines is 1. The number of rotatable bonds is 1. The van der Waals surface area contributed by atoms with Gasteiger partial charge in [0.25, 0.3) is 0 Å². The van der Waals surface area contributed by atoms with Crippen LogP contribution in [0.5, 0.6) is 5.75 Å².